The van der Waals surface area contributed by atoms with Crippen molar-refractivity contribution < 1.29 is 19.0 Å². The first-order chi connectivity index (χ1) is 16.0. The standard InChI is InChI=1S/C26H27ClN2O4/c1-4-33-19-11-9-18(10-12-19)28-26(30)29-14-13-17-15-23(31-2)24(32-3)16-21(17)25(29)20-7-5-6-8-22(20)27/h5-12,15-16,25H,4,13-14H2,1-3H3,(H,28,30)/t25-/m0/s1. The third-order valence-corrected chi connectivity index (χ3v) is 6.10. The maximum atomic E-state index is 13.4. The monoisotopic (exact) mass is 466 g/mol. The van der Waals surface area contributed by atoms with Gasteiger partial charge in [0.05, 0.1) is 26.9 Å². The van der Waals surface area contributed by atoms with Crippen LogP contribution in [0.5, 0.6) is 17.2 Å². The number of halogens is 1. The van der Waals surface area contributed by atoms with E-state index < -0.39 is 0 Å². The summed E-state index contributed by atoms with van der Waals surface area (Å²) in [5, 5.41) is 3.62. The Labute approximate surface area is 199 Å². The summed E-state index contributed by atoms with van der Waals surface area (Å²) < 4.78 is 16.5. The number of amides is 2. The number of anilines is 1. The van der Waals surface area contributed by atoms with Crippen LogP contribution in [0.15, 0.2) is 60.7 Å². The molecule has 4 rings (SSSR count). The summed E-state index contributed by atoms with van der Waals surface area (Å²) in [6.07, 6.45) is 0.688. The van der Waals surface area contributed by atoms with Gasteiger partial charge in [-0.15, -0.1) is 0 Å². The van der Waals surface area contributed by atoms with Crippen molar-refractivity contribution in [2.75, 3.05) is 32.7 Å². The van der Waals surface area contributed by atoms with Gasteiger partial charge in [-0.3, -0.25) is 0 Å². The van der Waals surface area contributed by atoms with E-state index in [0.717, 1.165) is 22.4 Å². The molecule has 0 saturated heterocycles. The van der Waals surface area contributed by atoms with Crippen molar-refractivity contribution in [3.05, 3.63) is 82.4 Å². The van der Waals surface area contributed by atoms with E-state index in [1.54, 1.807) is 14.2 Å². The molecule has 0 unspecified atom stereocenters. The Morgan fingerprint density at radius 3 is 2.39 bits per heavy atom. The zero-order valence-electron chi connectivity index (χ0n) is 18.9. The Kier molecular flexibility index (Phi) is 6.94. The molecule has 0 fully saturated rings. The van der Waals surface area contributed by atoms with Crippen molar-refractivity contribution in [3.63, 3.8) is 0 Å². The second-order valence-electron chi connectivity index (χ2n) is 7.66. The van der Waals surface area contributed by atoms with Crippen molar-refractivity contribution in [3.8, 4) is 17.2 Å². The highest BCUT2D eigenvalue weighted by Gasteiger charge is 2.34. The van der Waals surface area contributed by atoms with Crippen molar-refractivity contribution in [1.29, 1.82) is 0 Å². The van der Waals surface area contributed by atoms with Gasteiger partial charge in [0.15, 0.2) is 11.5 Å². The summed E-state index contributed by atoms with van der Waals surface area (Å²) in [6, 6.07) is 18.3. The third-order valence-electron chi connectivity index (χ3n) is 5.75. The minimum absolute atomic E-state index is 0.204. The van der Waals surface area contributed by atoms with E-state index in [9.17, 15) is 4.79 Å². The highest BCUT2D eigenvalue weighted by atomic mass is 35.5. The van der Waals surface area contributed by atoms with E-state index >= 15 is 0 Å². The van der Waals surface area contributed by atoms with Crippen LogP contribution in [0.2, 0.25) is 5.02 Å². The fraction of sp³-hybridized carbons (Fsp3) is 0.269. The quantitative estimate of drug-likeness (QED) is 0.488. The van der Waals surface area contributed by atoms with Gasteiger partial charge in [-0.05, 0) is 72.5 Å². The maximum absolute atomic E-state index is 13.4. The number of carbonyl (C=O) groups is 1. The van der Waals surface area contributed by atoms with E-state index in [2.05, 4.69) is 5.32 Å². The van der Waals surface area contributed by atoms with Crippen molar-refractivity contribution in [2.45, 2.75) is 19.4 Å². The van der Waals surface area contributed by atoms with Crippen molar-refractivity contribution >= 4 is 23.3 Å². The maximum Gasteiger partial charge on any atom is 0.322 e. The van der Waals surface area contributed by atoms with Gasteiger partial charge < -0.3 is 24.4 Å². The molecule has 0 saturated carbocycles. The normalized spacial score (nSPS) is 14.9. The lowest BCUT2D eigenvalue weighted by atomic mass is 9.87. The molecule has 6 nitrogen and oxygen atoms in total. The predicted octanol–water partition coefficient (Wildman–Crippen LogP) is 5.94. The van der Waals surface area contributed by atoms with Crippen LogP contribution in [0.3, 0.4) is 0 Å². The largest absolute Gasteiger partial charge is 0.494 e. The number of benzene rings is 3. The Hall–Kier alpha value is -3.38. The molecule has 1 aliphatic heterocycles. The van der Waals surface area contributed by atoms with Gasteiger partial charge in [0.2, 0.25) is 0 Å². The van der Waals surface area contributed by atoms with Crippen molar-refractivity contribution in [1.82, 2.24) is 4.90 Å². The molecule has 0 bridgehead atoms. The number of carbonyl (C=O) groups excluding carboxylic acids is 1. The molecule has 3 aromatic carbocycles. The average Bonchev–Trinajstić information content (AvgIpc) is 2.84. The summed E-state index contributed by atoms with van der Waals surface area (Å²) >= 11 is 6.61. The lowest BCUT2D eigenvalue weighted by Gasteiger charge is -2.38. The van der Waals surface area contributed by atoms with Gasteiger partial charge in [0.1, 0.15) is 5.75 Å². The molecule has 0 radical (unpaired) electrons. The highest BCUT2D eigenvalue weighted by Crippen LogP contribution is 2.42. The molecule has 0 aliphatic carbocycles. The summed E-state index contributed by atoms with van der Waals surface area (Å²) in [7, 11) is 3.23. The summed E-state index contributed by atoms with van der Waals surface area (Å²) in [4.78, 5) is 15.3. The number of urea groups is 1. The molecule has 1 N–H and O–H groups in total. The van der Waals surface area contributed by atoms with Gasteiger partial charge in [0, 0.05) is 17.3 Å². The van der Waals surface area contributed by atoms with Gasteiger partial charge in [-0.25, -0.2) is 4.79 Å². The zero-order valence-corrected chi connectivity index (χ0v) is 19.7. The summed E-state index contributed by atoms with van der Waals surface area (Å²) in [5.41, 5.74) is 3.62. The minimum atomic E-state index is -0.370. The molecule has 33 heavy (non-hydrogen) atoms. The molecular weight excluding hydrogens is 440 g/mol. The Morgan fingerprint density at radius 2 is 1.73 bits per heavy atom. The smallest absolute Gasteiger partial charge is 0.322 e. The minimum Gasteiger partial charge on any atom is -0.494 e. The summed E-state index contributed by atoms with van der Waals surface area (Å²) in [6.45, 7) is 3.05. The van der Waals surface area contributed by atoms with Gasteiger partial charge >= 0.3 is 6.03 Å². The van der Waals surface area contributed by atoms with Crippen molar-refractivity contribution in [2.24, 2.45) is 0 Å². The topological polar surface area (TPSA) is 60.0 Å². The van der Waals surface area contributed by atoms with E-state index in [1.807, 2.05) is 72.5 Å². The zero-order chi connectivity index (χ0) is 23.4. The van der Waals surface area contributed by atoms with Crippen LogP contribution in [0, 0.1) is 0 Å². The molecule has 1 heterocycles. The fourth-order valence-corrected chi connectivity index (χ4v) is 4.43. The van der Waals surface area contributed by atoms with Crippen LogP contribution in [-0.4, -0.2) is 38.3 Å². The number of fused-ring (bicyclic) bond motifs is 1. The van der Waals surface area contributed by atoms with E-state index in [1.165, 1.54) is 0 Å². The van der Waals surface area contributed by atoms with Crippen LogP contribution in [0.1, 0.15) is 29.7 Å². The first-order valence-electron chi connectivity index (χ1n) is 10.9. The number of nitrogens with one attached hydrogen (secondary N) is 1. The number of hydrogen-bond donors (Lipinski definition) is 1. The predicted molar refractivity (Wildman–Crippen MR) is 130 cm³/mol. The van der Waals surface area contributed by atoms with Crippen LogP contribution < -0.4 is 19.5 Å². The molecule has 1 aliphatic rings. The average molecular weight is 467 g/mol. The van der Waals surface area contributed by atoms with Crippen LogP contribution in [0.25, 0.3) is 0 Å². The second kappa shape index (κ2) is 10.0. The second-order valence-corrected chi connectivity index (χ2v) is 8.07. The molecule has 0 aromatic heterocycles. The Morgan fingerprint density at radius 1 is 1.03 bits per heavy atom. The SMILES string of the molecule is CCOc1ccc(NC(=O)N2CCc3cc(OC)c(OC)cc3[C@@H]2c2ccccc2Cl)cc1. The third kappa shape index (κ3) is 4.71. The van der Waals surface area contributed by atoms with Gasteiger partial charge in [0.25, 0.3) is 0 Å². The molecule has 0 spiro atoms. The van der Waals surface area contributed by atoms with E-state index in [-0.39, 0.29) is 12.1 Å². The molecule has 172 valence electrons. The van der Waals surface area contributed by atoms with Crippen LogP contribution in [-0.2, 0) is 6.42 Å². The van der Waals surface area contributed by atoms with Crippen LogP contribution >= 0.6 is 11.6 Å². The van der Waals surface area contributed by atoms with E-state index in [4.69, 9.17) is 25.8 Å². The number of rotatable bonds is 6. The van der Waals surface area contributed by atoms with Gasteiger partial charge in [-0.1, -0.05) is 29.8 Å². The molecule has 7 heteroatoms. The lowest BCUT2D eigenvalue weighted by molar-refractivity contribution is 0.193. The Balaban J connectivity index is 1.71. The molecule has 1 atom stereocenters. The first-order valence-corrected chi connectivity index (χ1v) is 11.2. The molecular formula is C26H27ClN2O4. The number of nitrogens with zero attached hydrogens (tertiary/aromatic N) is 1. The highest BCUT2D eigenvalue weighted by molar-refractivity contribution is 6.31. The first kappa shape index (κ1) is 22.8. The molecule has 3 aromatic rings. The lowest BCUT2D eigenvalue weighted by Crippen LogP contribution is -2.43. The summed E-state index contributed by atoms with van der Waals surface area (Å²) in [5.74, 6) is 2.04. The van der Waals surface area contributed by atoms with Crippen LogP contribution in [0.4, 0.5) is 10.5 Å². The number of hydrogen-bond acceptors (Lipinski definition) is 4. The number of ether oxygens (including phenoxy) is 3. The fourth-order valence-electron chi connectivity index (χ4n) is 4.19. The Bertz CT molecular complexity index is 1130. The van der Waals surface area contributed by atoms with E-state index in [0.29, 0.717) is 41.8 Å². The van der Waals surface area contributed by atoms with Gasteiger partial charge in [-0.2, -0.15) is 0 Å². The number of methoxy groups -OCH3 is 2. The molecule has 2 amide bonds.